The fourth-order valence-electron chi connectivity index (χ4n) is 2.43. The second-order valence-corrected chi connectivity index (χ2v) is 5.30. The van der Waals surface area contributed by atoms with Crippen molar-refractivity contribution in [1.29, 1.82) is 5.26 Å². The molecular weight excluding hydrogens is 272 g/mol. The number of benzene rings is 2. The highest BCUT2D eigenvalue weighted by atomic mass is 16.1. The van der Waals surface area contributed by atoms with Gasteiger partial charge in [0.05, 0.1) is 0 Å². The molecule has 0 fully saturated rings. The first-order valence-corrected chi connectivity index (χ1v) is 7.07. The smallest absolute Gasteiger partial charge is 0.266 e. The molecular formula is C19H18N2O. The molecule has 0 aliphatic rings. The zero-order chi connectivity index (χ0) is 16.1. The molecule has 0 bridgehead atoms. The molecule has 0 unspecified atom stereocenters. The first kappa shape index (κ1) is 15.5. The molecule has 22 heavy (non-hydrogen) atoms. The summed E-state index contributed by atoms with van der Waals surface area (Å²) in [6, 6.07) is 15.2. The van der Waals surface area contributed by atoms with Gasteiger partial charge < -0.3 is 5.32 Å². The van der Waals surface area contributed by atoms with Crippen LogP contribution in [0.1, 0.15) is 22.3 Å². The Balaban J connectivity index is 2.32. The van der Waals surface area contributed by atoms with Gasteiger partial charge in [-0.1, -0.05) is 35.9 Å². The average Bonchev–Trinajstić information content (AvgIpc) is 2.47. The Kier molecular flexibility index (Phi) is 4.75. The molecule has 110 valence electrons. The van der Waals surface area contributed by atoms with Gasteiger partial charge in [0.15, 0.2) is 0 Å². The molecule has 0 spiro atoms. The van der Waals surface area contributed by atoms with Crippen LogP contribution in [0, 0.1) is 32.1 Å². The van der Waals surface area contributed by atoms with Crippen molar-refractivity contribution < 1.29 is 4.79 Å². The van der Waals surface area contributed by atoms with E-state index in [1.807, 2.05) is 57.2 Å². The van der Waals surface area contributed by atoms with E-state index in [-0.39, 0.29) is 5.57 Å². The Hall–Kier alpha value is -2.86. The third kappa shape index (κ3) is 3.62. The number of hydrogen-bond donors (Lipinski definition) is 1. The molecule has 3 heteroatoms. The first-order valence-electron chi connectivity index (χ1n) is 7.07. The minimum atomic E-state index is -0.395. The quantitative estimate of drug-likeness (QED) is 0.681. The summed E-state index contributed by atoms with van der Waals surface area (Å²) in [4.78, 5) is 12.2. The molecule has 0 atom stereocenters. The number of carbonyl (C=O) groups excluding carboxylic acids is 1. The third-order valence-corrected chi connectivity index (χ3v) is 3.42. The maximum Gasteiger partial charge on any atom is 0.266 e. The Bertz CT molecular complexity index is 745. The molecule has 0 saturated heterocycles. The Morgan fingerprint density at radius 3 is 2.23 bits per heavy atom. The van der Waals surface area contributed by atoms with E-state index >= 15 is 0 Å². The monoisotopic (exact) mass is 290 g/mol. The van der Waals surface area contributed by atoms with Crippen LogP contribution < -0.4 is 5.32 Å². The number of aryl methyl sites for hydroxylation is 3. The minimum absolute atomic E-state index is 0.0962. The lowest BCUT2D eigenvalue weighted by molar-refractivity contribution is -0.112. The molecule has 2 rings (SSSR count). The number of carbonyl (C=O) groups is 1. The molecule has 0 aliphatic carbocycles. The number of para-hydroxylation sites is 1. The molecule has 0 saturated carbocycles. The number of anilines is 1. The fourth-order valence-corrected chi connectivity index (χ4v) is 2.43. The maximum absolute atomic E-state index is 12.2. The highest BCUT2D eigenvalue weighted by Gasteiger charge is 2.11. The largest absolute Gasteiger partial charge is 0.321 e. The van der Waals surface area contributed by atoms with Crippen LogP contribution in [-0.4, -0.2) is 5.91 Å². The van der Waals surface area contributed by atoms with Gasteiger partial charge in [0, 0.05) is 5.69 Å². The van der Waals surface area contributed by atoms with Crippen molar-refractivity contribution in [2.75, 3.05) is 5.32 Å². The summed E-state index contributed by atoms with van der Waals surface area (Å²) in [6.07, 6.45) is 1.66. The van der Waals surface area contributed by atoms with Crippen LogP contribution in [0.2, 0.25) is 0 Å². The van der Waals surface area contributed by atoms with Crippen molar-refractivity contribution in [2.45, 2.75) is 20.8 Å². The molecule has 0 aliphatic heterocycles. The summed E-state index contributed by atoms with van der Waals surface area (Å²) in [5.74, 6) is -0.395. The average molecular weight is 290 g/mol. The van der Waals surface area contributed by atoms with Gasteiger partial charge in [-0.15, -0.1) is 0 Å². The summed E-state index contributed by atoms with van der Waals surface area (Å²) < 4.78 is 0. The van der Waals surface area contributed by atoms with E-state index in [9.17, 15) is 10.1 Å². The zero-order valence-electron chi connectivity index (χ0n) is 13.0. The maximum atomic E-state index is 12.2. The van der Waals surface area contributed by atoms with Crippen molar-refractivity contribution >= 4 is 17.7 Å². The van der Waals surface area contributed by atoms with E-state index in [1.165, 1.54) is 5.56 Å². The van der Waals surface area contributed by atoms with Crippen LogP contribution in [0.25, 0.3) is 6.08 Å². The number of nitrogens with zero attached hydrogens (tertiary/aromatic N) is 1. The van der Waals surface area contributed by atoms with Crippen molar-refractivity contribution in [3.63, 3.8) is 0 Å². The Labute approximate surface area is 130 Å². The lowest BCUT2D eigenvalue weighted by Gasteiger charge is -2.09. The molecule has 2 aromatic carbocycles. The first-order chi connectivity index (χ1) is 10.5. The summed E-state index contributed by atoms with van der Waals surface area (Å²) in [5.41, 5.74) is 4.96. The van der Waals surface area contributed by atoms with Crippen LogP contribution >= 0.6 is 0 Å². The zero-order valence-corrected chi connectivity index (χ0v) is 13.0. The van der Waals surface area contributed by atoms with Crippen LogP contribution in [0.4, 0.5) is 5.69 Å². The Morgan fingerprint density at radius 1 is 1.09 bits per heavy atom. The van der Waals surface area contributed by atoms with E-state index in [4.69, 9.17) is 0 Å². The van der Waals surface area contributed by atoms with Crippen molar-refractivity contribution in [2.24, 2.45) is 0 Å². The fraction of sp³-hybridized carbons (Fsp3) is 0.158. The molecule has 2 aromatic rings. The van der Waals surface area contributed by atoms with Crippen LogP contribution in [-0.2, 0) is 4.79 Å². The second-order valence-electron chi connectivity index (χ2n) is 5.30. The van der Waals surface area contributed by atoms with E-state index in [0.717, 1.165) is 16.7 Å². The molecule has 1 amide bonds. The van der Waals surface area contributed by atoms with Crippen LogP contribution in [0.3, 0.4) is 0 Å². The van der Waals surface area contributed by atoms with Crippen molar-refractivity contribution in [1.82, 2.24) is 0 Å². The topological polar surface area (TPSA) is 52.9 Å². The molecule has 0 aromatic heterocycles. The second kappa shape index (κ2) is 6.73. The van der Waals surface area contributed by atoms with Gasteiger partial charge in [-0.25, -0.2) is 0 Å². The van der Waals surface area contributed by atoms with Gasteiger partial charge in [-0.05, 0) is 55.7 Å². The number of hydrogen-bond acceptors (Lipinski definition) is 2. The minimum Gasteiger partial charge on any atom is -0.321 e. The number of amides is 1. The van der Waals surface area contributed by atoms with Gasteiger partial charge in [-0.3, -0.25) is 4.79 Å². The normalized spacial score (nSPS) is 10.9. The van der Waals surface area contributed by atoms with E-state index in [1.54, 1.807) is 18.2 Å². The standard InChI is InChI=1S/C19H18N2O/c1-13-9-14(2)18(15(3)10-13)11-16(12-20)19(22)21-17-7-5-4-6-8-17/h4-11H,1-3H3,(H,21,22)/b16-11+. The van der Waals surface area contributed by atoms with Gasteiger partial charge in [0.2, 0.25) is 0 Å². The van der Waals surface area contributed by atoms with Gasteiger partial charge in [0.1, 0.15) is 11.6 Å². The molecule has 3 nitrogen and oxygen atoms in total. The Morgan fingerprint density at radius 2 is 1.68 bits per heavy atom. The lowest BCUT2D eigenvalue weighted by atomic mass is 9.98. The van der Waals surface area contributed by atoms with E-state index < -0.39 is 5.91 Å². The molecule has 0 heterocycles. The van der Waals surface area contributed by atoms with Gasteiger partial charge >= 0.3 is 0 Å². The summed E-state index contributed by atoms with van der Waals surface area (Å²) in [7, 11) is 0. The highest BCUT2D eigenvalue weighted by molar-refractivity contribution is 6.09. The highest BCUT2D eigenvalue weighted by Crippen LogP contribution is 2.20. The van der Waals surface area contributed by atoms with E-state index in [2.05, 4.69) is 5.32 Å². The van der Waals surface area contributed by atoms with Crippen molar-refractivity contribution in [3.8, 4) is 6.07 Å². The number of nitrogens with one attached hydrogen (secondary N) is 1. The van der Waals surface area contributed by atoms with Gasteiger partial charge in [-0.2, -0.15) is 5.26 Å². The number of rotatable bonds is 3. The van der Waals surface area contributed by atoms with E-state index in [0.29, 0.717) is 5.69 Å². The summed E-state index contributed by atoms with van der Waals surface area (Å²) in [5, 5.41) is 12.0. The lowest BCUT2D eigenvalue weighted by Crippen LogP contribution is -2.13. The summed E-state index contributed by atoms with van der Waals surface area (Å²) >= 11 is 0. The predicted octanol–water partition coefficient (Wildman–Crippen LogP) is 4.16. The van der Waals surface area contributed by atoms with Gasteiger partial charge in [0.25, 0.3) is 5.91 Å². The van der Waals surface area contributed by atoms with Crippen LogP contribution in [0.15, 0.2) is 48.0 Å². The molecule has 0 radical (unpaired) electrons. The molecule has 1 N–H and O–H groups in total. The summed E-state index contributed by atoms with van der Waals surface area (Å²) in [6.45, 7) is 5.99. The van der Waals surface area contributed by atoms with Crippen molar-refractivity contribution in [3.05, 3.63) is 70.3 Å². The number of nitriles is 1. The SMILES string of the molecule is Cc1cc(C)c(/C=C(\C#N)C(=O)Nc2ccccc2)c(C)c1. The predicted molar refractivity (Wildman–Crippen MR) is 89.3 cm³/mol. The third-order valence-electron chi connectivity index (χ3n) is 3.42. The van der Waals surface area contributed by atoms with Crippen LogP contribution in [0.5, 0.6) is 0 Å².